The maximum atomic E-state index is 6.12. The van der Waals surface area contributed by atoms with Gasteiger partial charge < -0.3 is 15.0 Å². The third-order valence-corrected chi connectivity index (χ3v) is 3.22. The van der Waals surface area contributed by atoms with Crippen molar-refractivity contribution in [3.05, 3.63) is 30.2 Å². The van der Waals surface area contributed by atoms with Gasteiger partial charge >= 0.3 is 0 Å². The number of nitrogen functional groups attached to an aromatic ring is 1. The number of anilines is 1. The largest absolute Gasteiger partial charge is 0.487 e. The maximum absolute atomic E-state index is 6.12. The van der Waals surface area contributed by atoms with Crippen LogP contribution in [0.2, 0.25) is 0 Å². The number of rotatable bonds is 1. The van der Waals surface area contributed by atoms with Crippen LogP contribution in [0.3, 0.4) is 0 Å². The van der Waals surface area contributed by atoms with Gasteiger partial charge in [-0.2, -0.15) is 0 Å². The van der Waals surface area contributed by atoms with E-state index in [2.05, 4.69) is 18.8 Å². The molecule has 0 spiro atoms. The van der Waals surface area contributed by atoms with Gasteiger partial charge in [-0.25, -0.2) is 4.98 Å². The highest BCUT2D eigenvalue weighted by Crippen LogP contribution is 2.40. The first kappa shape index (κ1) is 11.1. The first-order valence-electron chi connectivity index (χ1n) is 6.04. The fourth-order valence-electron chi connectivity index (χ4n) is 2.44. The molecule has 0 atom stereocenters. The Morgan fingerprint density at radius 2 is 2.17 bits per heavy atom. The van der Waals surface area contributed by atoms with Gasteiger partial charge in [0.1, 0.15) is 11.4 Å². The number of benzene rings is 1. The normalized spacial score (nSPS) is 16.4. The van der Waals surface area contributed by atoms with Crippen molar-refractivity contribution in [2.24, 2.45) is 7.05 Å². The van der Waals surface area contributed by atoms with Crippen LogP contribution < -0.4 is 10.5 Å². The molecule has 4 heteroatoms. The number of hydrogen-bond acceptors (Lipinski definition) is 3. The number of aryl methyl sites for hydroxylation is 1. The summed E-state index contributed by atoms with van der Waals surface area (Å²) in [6.45, 7) is 4.17. The Morgan fingerprint density at radius 3 is 2.83 bits per heavy atom. The average Bonchev–Trinajstić information content (AvgIpc) is 2.79. The molecule has 0 fully saturated rings. The maximum Gasteiger partial charge on any atom is 0.124 e. The van der Waals surface area contributed by atoms with Gasteiger partial charge in [-0.3, -0.25) is 0 Å². The van der Waals surface area contributed by atoms with Gasteiger partial charge in [0.25, 0.3) is 0 Å². The fraction of sp³-hybridized carbons (Fsp3) is 0.357. The molecule has 3 rings (SSSR count). The first-order chi connectivity index (χ1) is 8.44. The quantitative estimate of drug-likeness (QED) is 0.782. The van der Waals surface area contributed by atoms with E-state index in [9.17, 15) is 0 Å². The highest BCUT2D eigenvalue weighted by atomic mass is 16.5. The van der Waals surface area contributed by atoms with Crippen LogP contribution in [0.25, 0.3) is 11.3 Å². The topological polar surface area (TPSA) is 53.1 Å². The summed E-state index contributed by atoms with van der Waals surface area (Å²) in [5.74, 6) is 0.926. The lowest BCUT2D eigenvalue weighted by Crippen LogP contribution is -2.24. The van der Waals surface area contributed by atoms with E-state index >= 15 is 0 Å². The molecule has 2 N–H and O–H groups in total. The lowest BCUT2D eigenvalue weighted by Gasteiger charge is -2.16. The van der Waals surface area contributed by atoms with E-state index in [1.807, 2.05) is 29.9 Å². The molecule has 18 heavy (non-hydrogen) atoms. The molecule has 0 saturated heterocycles. The lowest BCUT2D eigenvalue weighted by molar-refractivity contribution is 0.138. The Bertz CT molecular complexity index is 613. The van der Waals surface area contributed by atoms with Gasteiger partial charge in [0.05, 0.1) is 12.0 Å². The molecular formula is C14H17N3O. The lowest BCUT2D eigenvalue weighted by atomic mass is 9.99. The number of aromatic nitrogens is 2. The van der Waals surface area contributed by atoms with Crippen LogP contribution in [0.5, 0.6) is 5.75 Å². The number of nitrogens with two attached hydrogens (primary N) is 1. The second-order valence-corrected chi connectivity index (χ2v) is 5.51. The van der Waals surface area contributed by atoms with E-state index < -0.39 is 0 Å². The molecule has 1 aromatic heterocycles. The summed E-state index contributed by atoms with van der Waals surface area (Å²) in [5, 5.41) is 0. The minimum atomic E-state index is -0.141. The molecule has 0 amide bonds. The molecule has 4 nitrogen and oxygen atoms in total. The monoisotopic (exact) mass is 243 g/mol. The van der Waals surface area contributed by atoms with Crippen molar-refractivity contribution in [1.29, 1.82) is 0 Å². The third-order valence-electron chi connectivity index (χ3n) is 3.22. The molecule has 0 radical (unpaired) electrons. The van der Waals surface area contributed by atoms with Crippen LogP contribution in [-0.2, 0) is 13.5 Å². The van der Waals surface area contributed by atoms with Gasteiger partial charge in [-0.15, -0.1) is 0 Å². The van der Waals surface area contributed by atoms with Gasteiger partial charge in [0.15, 0.2) is 0 Å². The van der Waals surface area contributed by atoms with Crippen molar-refractivity contribution in [1.82, 2.24) is 9.55 Å². The third kappa shape index (κ3) is 1.74. The van der Waals surface area contributed by atoms with Crippen LogP contribution in [0.1, 0.15) is 19.4 Å². The average molecular weight is 243 g/mol. The van der Waals surface area contributed by atoms with Crippen molar-refractivity contribution in [2.75, 3.05) is 5.73 Å². The molecule has 1 aliphatic rings. The molecule has 1 aromatic carbocycles. The fourth-order valence-corrected chi connectivity index (χ4v) is 2.44. The number of fused-ring (bicyclic) bond motifs is 1. The minimum Gasteiger partial charge on any atom is -0.487 e. The van der Waals surface area contributed by atoms with E-state index in [0.29, 0.717) is 0 Å². The summed E-state index contributed by atoms with van der Waals surface area (Å²) in [5.41, 5.74) is 9.73. The summed E-state index contributed by atoms with van der Waals surface area (Å²) >= 11 is 0. The number of hydrogen-bond donors (Lipinski definition) is 1. The zero-order valence-corrected chi connectivity index (χ0v) is 10.9. The Morgan fingerprint density at radius 1 is 1.39 bits per heavy atom. The van der Waals surface area contributed by atoms with Crippen molar-refractivity contribution < 1.29 is 4.74 Å². The summed E-state index contributed by atoms with van der Waals surface area (Å²) in [6.07, 6.45) is 4.63. The van der Waals surface area contributed by atoms with Crippen LogP contribution >= 0.6 is 0 Å². The molecule has 0 aliphatic carbocycles. The van der Waals surface area contributed by atoms with Crippen LogP contribution in [-0.4, -0.2) is 15.2 Å². The van der Waals surface area contributed by atoms with E-state index in [0.717, 1.165) is 29.1 Å². The predicted octanol–water partition coefficient (Wildman–Crippen LogP) is 2.38. The summed E-state index contributed by atoms with van der Waals surface area (Å²) in [4.78, 5) is 4.34. The summed E-state index contributed by atoms with van der Waals surface area (Å²) in [7, 11) is 1.94. The Hall–Kier alpha value is -1.97. The van der Waals surface area contributed by atoms with Crippen LogP contribution in [0, 0.1) is 0 Å². The number of ether oxygens (including phenoxy) is 1. The summed E-state index contributed by atoms with van der Waals surface area (Å²) in [6, 6.07) is 4.01. The van der Waals surface area contributed by atoms with Crippen molar-refractivity contribution in [3.63, 3.8) is 0 Å². The molecule has 0 unspecified atom stereocenters. The van der Waals surface area contributed by atoms with Gasteiger partial charge in [-0.1, -0.05) is 0 Å². The van der Waals surface area contributed by atoms with Crippen molar-refractivity contribution >= 4 is 5.69 Å². The molecule has 1 aliphatic heterocycles. The second-order valence-electron chi connectivity index (χ2n) is 5.51. The van der Waals surface area contributed by atoms with E-state index in [4.69, 9.17) is 10.5 Å². The molecule has 94 valence electrons. The van der Waals surface area contributed by atoms with Crippen LogP contribution in [0.4, 0.5) is 5.69 Å². The van der Waals surface area contributed by atoms with Crippen LogP contribution in [0.15, 0.2) is 24.7 Å². The second kappa shape index (κ2) is 3.51. The zero-order chi connectivity index (χ0) is 12.9. The van der Waals surface area contributed by atoms with Gasteiger partial charge in [-0.05, 0) is 26.0 Å². The highest BCUT2D eigenvalue weighted by molar-refractivity contribution is 5.76. The zero-order valence-electron chi connectivity index (χ0n) is 10.9. The first-order valence-corrected chi connectivity index (χ1v) is 6.04. The smallest absolute Gasteiger partial charge is 0.124 e. The van der Waals surface area contributed by atoms with E-state index in [-0.39, 0.29) is 5.60 Å². The molecule has 2 heterocycles. The molecule has 0 bridgehead atoms. The van der Waals surface area contributed by atoms with Crippen molar-refractivity contribution in [3.8, 4) is 17.0 Å². The van der Waals surface area contributed by atoms with Crippen molar-refractivity contribution in [2.45, 2.75) is 25.9 Å². The van der Waals surface area contributed by atoms with Gasteiger partial charge in [0, 0.05) is 36.5 Å². The Balaban J connectivity index is 2.09. The predicted molar refractivity (Wildman–Crippen MR) is 71.5 cm³/mol. The Labute approximate surface area is 106 Å². The minimum absolute atomic E-state index is 0.141. The Kier molecular flexibility index (Phi) is 2.17. The SMILES string of the molecule is Cn1cnc(-c2cc3c(cc2N)CC(C)(C)O3)c1. The van der Waals surface area contributed by atoms with E-state index in [1.54, 1.807) is 6.33 Å². The molecular weight excluding hydrogens is 226 g/mol. The highest BCUT2D eigenvalue weighted by Gasteiger charge is 2.30. The molecule has 2 aromatic rings. The standard InChI is InChI=1S/C14H17N3O/c1-14(2)6-9-4-11(15)10(5-13(9)18-14)12-7-17(3)8-16-12/h4-5,7-8H,6,15H2,1-3H3. The number of nitrogens with zero attached hydrogens (tertiary/aromatic N) is 2. The summed E-state index contributed by atoms with van der Waals surface area (Å²) < 4.78 is 7.84. The molecule has 0 saturated carbocycles. The van der Waals surface area contributed by atoms with E-state index in [1.165, 1.54) is 5.56 Å². The van der Waals surface area contributed by atoms with Gasteiger partial charge in [0.2, 0.25) is 0 Å². The number of imidazole rings is 1.